The molecule has 0 saturated heterocycles. The van der Waals surface area contributed by atoms with Crippen LogP contribution >= 0.6 is 0 Å². The van der Waals surface area contributed by atoms with Crippen LogP contribution in [0.3, 0.4) is 0 Å². The Morgan fingerprint density at radius 2 is 0.468 bits per heavy atom. The Morgan fingerprint density at radius 3 is 0.747 bits per heavy atom. The van der Waals surface area contributed by atoms with E-state index in [1.54, 1.807) is 0 Å². The van der Waals surface area contributed by atoms with Crippen molar-refractivity contribution in [3.63, 3.8) is 0 Å². The molecular weight excluding hydrogens is 973 g/mol. The zero-order chi connectivity index (χ0) is 57.1. The second-order valence-corrected chi connectivity index (χ2v) is 23.4. The van der Waals surface area contributed by atoms with Gasteiger partial charge in [-0.3, -0.25) is 14.4 Å². The summed E-state index contributed by atoms with van der Waals surface area (Å²) in [5.74, 6) is -0.893. The van der Waals surface area contributed by atoms with Crippen molar-refractivity contribution < 1.29 is 28.6 Å². The fraction of sp³-hybridized carbons (Fsp3) is 0.822. The van der Waals surface area contributed by atoms with Crippen LogP contribution < -0.4 is 0 Å². The first-order valence-electron chi connectivity index (χ1n) is 34.8. The van der Waals surface area contributed by atoms with E-state index in [1.165, 1.54) is 225 Å². The number of hydrogen-bond donors (Lipinski definition) is 0. The average Bonchev–Trinajstić information content (AvgIpc) is 3.45. The van der Waals surface area contributed by atoms with Crippen molar-refractivity contribution in [3.05, 3.63) is 60.8 Å². The van der Waals surface area contributed by atoms with Gasteiger partial charge in [-0.05, 0) is 96.3 Å². The summed E-state index contributed by atoms with van der Waals surface area (Å²) in [5.41, 5.74) is 0. The molecule has 0 amide bonds. The second kappa shape index (κ2) is 67.6. The molecule has 0 aromatic carbocycles. The topological polar surface area (TPSA) is 78.9 Å². The van der Waals surface area contributed by atoms with E-state index in [0.717, 1.165) is 103 Å². The lowest BCUT2D eigenvalue weighted by Gasteiger charge is -2.18. The molecule has 79 heavy (non-hydrogen) atoms. The quantitative estimate of drug-likeness (QED) is 0.0261. The van der Waals surface area contributed by atoms with E-state index >= 15 is 0 Å². The molecule has 0 bridgehead atoms. The van der Waals surface area contributed by atoms with Crippen molar-refractivity contribution in [2.24, 2.45) is 0 Å². The Hall–Kier alpha value is -2.89. The van der Waals surface area contributed by atoms with Crippen LogP contribution in [-0.2, 0) is 28.6 Å². The lowest BCUT2D eigenvalue weighted by atomic mass is 10.0. The molecule has 0 aromatic rings. The molecule has 0 aliphatic rings. The first-order chi connectivity index (χ1) is 39.0. The van der Waals surface area contributed by atoms with Crippen LogP contribution in [0, 0.1) is 0 Å². The van der Waals surface area contributed by atoms with Crippen molar-refractivity contribution in [3.8, 4) is 0 Å². The Kier molecular flexibility index (Phi) is 65.1. The third kappa shape index (κ3) is 65.8. The number of rotatable bonds is 64. The minimum atomic E-state index is -0.787. The molecule has 6 nitrogen and oxygen atoms in total. The normalized spacial score (nSPS) is 12.4. The standard InChI is InChI=1S/C73H132O6/c1-4-7-10-13-16-19-22-25-28-29-30-31-32-33-34-35-36-37-38-39-40-41-42-43-44-45-46-49-51-54-57-60-63-66-72(75)78-69-70(79-73(76)67-64-61-58-55-52-48-27-24-21-18-15-12-9-6-3)68-77-71(74)65-62-59-56-53-50-47-26-23-20-17-14-11-8-5-2/h14-15,17-18,23-24,26-27,29-30,70H,4-13,16,19-22,25,28,31-69H2,1-3H3/b17-14-,18-15-,26-23-,27-24-,30-29-. The Morgan fingerprint density at radius 1 is 0.253 bits per heavy atom. The zero-order valence-corrected chi connectivity index (χ0v) is 52.9. The summed E-state index contributed by atoms with van der Waals surface area (Å²) in [5, 5.41) is 0. The highest BCUT2D eigenvalue weighted by Crippen LogP contribution is 2.18. The van der Waals surface area contributed by atoms with Gasteiger partial charge in [0.15, 0.2) is 6.10 Å². The maximum absolute atomic E-state index is 12.9. The van der Waals surface area contributed by atoms with Gasteiger partial charge in [-0.1, -0.05) is 313 Å². The number of esters is 3. The Balaban J connectivity index is 4.10. The predicted molar refractivity (Wildman–Crippen MR) is 344 cm³/mol. The molecule has 1 atom stereocenters. The van der Waals surface area contributed by atoms with E-state index < -0.39 is 6.10 Å². The van der Waals surface area contributed by atoms with E-state index in [4.69, 9.17) is 14.2 Å². The van der Waals surface area contributed by atoms with Crippen LogP contribution in [0.15, 0.2) is 60.8 Å². The predicted octanol–water partition coefficient (Wildman–Crippen LogP) is 23.9. The number of hydrogen-bond acceptors (Lipinski definition) is 6. The summed E-state index contributed by atoms with van der Waals surface area (Å²) in [6.45, 7) is 6.58. The fourth-order valence-electron chi connectivity index (χ4n) is 10.2. The van der Waals surface area contributed by atoms with Crippen molar-refractivity contribution in [2.45, 2.75) is 374 Å². The van der Waals surface area contributed by atoms with Crippen LogP contribution in [0.4, 0.5) is 0 Å². The summed E-state index contributed by atoms with van der Waals surface area (Å²) in [6, 6.07) is 0. The molecule has 0 spiro atoms. The van der Waals surface area contributed by atoms with E-state index in [0.29, 0.717) is 19.3 Å². The molecular formula is C73H132O6. The minimum absolute atomic E-state index is 0.0815. The Labute approximate surface area is 491 Å². The van der Waals surface area contributed by atoms with Crippen LogP contribution in [-0.4, -0.2) is 37.2 Å². The molecule has 460 valence electrons. The van der Waals surface area contributed by atoms with Crippen molar-refractivity contribution in [2.75, 3.05) is 13.2 Å². The molecule has 1 unspecified atom stereocenters. The Bertz CT molecular complexity index is 1410. The van der Waals surface area contributed by atoms with Gasteiger partial charge in [0.2, 0.25) is 0 Å². The SMILES string of the molecule is CCCC/C=C\C/C=C\CCCCCCCC(=O)OCC(COC(=O)CCCCCCCCCCCCCCCCCCCCCCC/C=C\CCCCCCCCCC)OC(=O)CCCCCCC/C=C\C/C=C\CCCC. The smallest absolute Gasteiger partial charge is 0.306 e. The first kappa shape index (κ1) is 76.1. The largest absolute Gasteiger partial charge is 0.462 e. The number of allylic oxidation sites excluding steroid dienone is 10. The highest BCUT2D eigenvalue weighted by atomic mass is 16.6. The summed E-state index contributed by atoms with van der Waals surface area (Å²) in [7, 11) is 0. The molecule has 0 N–H and O–H groups in total. The van der Waals surface area contributed by atoms with Gasteiger partial charge in [-0.2, -0.15) is 0 Å². The third-order valence-electron chi connectivity index (χ3n) is 15.5. The molecule has 0 radical (unpaired) electrons. The molecule has 0 saturated carbocycles. The van der Waals surface area contributed by atoms with E-state index in [-0.39, 0.29) is 31.1 Å². The molecule has 6 heteroatoms. The van der Waals surface area contributed by atoms with Gasteiger partial charge in [-0.25, -0.2) is 0 Å². The first-order valence-corrected chi connectivity index (χ1v) is 34.8. The van der Waals surface area contributed by atoms with Gasteiger partial charge >= 0.3 is 17.9 Å². The lowest BCUT2D eigenvalue weighted by molar-refractivity contribution is -0.167. The van der Waals surface area contributed by atoms with Crippen molar-refractivity contribution >= 4 is 17.9 Å². The van der Waals surface area contributed by atoms with Gasteiger partial charge in [-0.15, -0.1) is 0 Å². The van der Waals surface area contributed by atoms with Gasteiger partial charge in [0.1, 0.15) is 13.2 Å². The molecule has 0 fully saturated rings. The summed E-state index contributed by atoms with van der Waals surface area (Å²) in [6.07, 6.45) is 86.9. The highest BCUT2D eigenvalue weighted by Gasteiger charge is 2.19. The highest BCUT2D eigenvalue weighted by molar-refractivity contribution is 5.71. The van der Waals surface area contributed by atoms with E-state index in [2.05, 4.69) is 81.5 Å². The molecule has 0 aromatic heterocycles. The monoisotopic (exact) mass is 1110 g/mol. The number of carbonyl (C=O) groups excluding carboxylic acids is 3. The van der Waals surface area contributed by atoms with Crippen molar-refractivity contribution in [1.82, 2.24) is 0 Å². The van der Waals surface area contributed by atoms with Crippen LogP contribution in [0.2, 0.25) is 0 Å². The zero-order valence-electron chi connectivity index (χ0n) is 52.9. The van der Waals surface area contributed by atoms with Gasteiger partial charge in [0.05, 0.1) is 0 Å². The van der Waals surface area contributed by atoms with E-state index in [1.807, 2.05) is 0 Å². The third-order valence-corrected chi connectivity index (χ3v) is 15.5. The van der Waals surface area contributed by atoms with Gasteiger partial charge in [0.25, 0.3) is 0 Å². The average molecular weight is 1110 g/mol. The molecule has 0 heterocycles. The van der Waals surface area contributed by atoms with Crippen LogP contribution in [0.25, 0.3) is 0 Å². The summed E-state index contributed by atoms with van der Waals surface area (Å²) in [4.78, 5) is 38.3. The fourth-order valence-corrected chi connectivity index (χ4v) is 10.2. The molecule has 0 aliphatic carbocycles. The second-order valence-electron chi connectivity index (χ2n) is 23.4. The van der Waals surface area contributed by atoms with Crippen LogP contribution in [0.5, 0.6) is 0 Å². The maximum atomic E-state index is 12.9. The van der Waals surface area contributed by atoms with Gasteiger partial charge < -0.3 is 14.2 Å². The van der Waals surface area contributed by atoms with E-state index in [9.17, 15) is 14.4 Å². The molecule has 0 aliphatic heterocycles. The van der Waals surface area contributed by atoms with Gasteiger partial charge in [0, 0.05) is 19.3 Å². The molecule has 0 rings (SSSR count). The lowest BCUT2D eigenvalue weighted by Crippen LogP contribution is -2.30. The van der Waals surface area contributed by atoms with Crippen LogP contribution in [0.1, 0.15) is 367 Å². The summed E-state index contributed by atoms with van der Waals surface area (Å²) >= 11 is 0. The number of carbonyl (C=O) groups is 3. The minimum Gasteiger partial charge on any atom is -0.462 e. The number of ether oxygens (including phenoxy) is 3. The number of unbranched alkanes of at least 4 members (excludes halogenated alkanes) is 43. The summed E-state index contributed by atoms with van der Waals surface area (Å²) < 4.78 is 16.9. The maximum Gasteiger partial charge on any atom is 0.306 e. The van der Waals surface area contributed by atoms with Crippen molar-refractivity contribution in [1.29, 1.82) is 0 Å².